The molecule has 3 rings (SSSR count). The van der Waals surface area contributed by atoms with Crippen LogP contribution in [0.5, 0.6) is 11.8 Å². The van der Waals surface area contributed by atoms with Crippen LogP contribution in [0.1, 0.15) is 5.56 Å². The predicted molar refractivity (Wildman–Crippen MR) is 99.9 cm³/mol. The summed E-state index contributed by atoms with van der Waals surface area (Å²) < 4.78 is 17.2. The Morgan fingerprint density at radius 1 is 1.15 bits per heavy atom. The maximum absolute atomic E-state index is 12.0. The number of halogens is 1. The molecule has 0 bridgehead atoms. The minimum absolute atomic E-state index is 0.181. The van der Waals surface area contributed by atoms with Gasteiger partial charge in [0.15, 0.2) is 0 Å². The summed E-state index contributed by atoms with van der Waals surface area (Å²) in [5.74, 6) is -0.0551. The molecule has 0 aliphatic rings. The molecule has 0 spiro atoms. The number of ether oxygens (including phenoxy) is 3. The van der Waals surface area contributed by atoms with Crippen LogP contribution in [0.3, 0.4) is 0 Å². The zero-order valence-corrected chi connectivity index (χ0v) is 15.4. The summed E-state index contributed by atoms with van der Waals surface area (Å²) in [6.07, 6.45) is 4.58. The van der Waals surface area contributed by atoms with E-state index in [2.05, 4.69) is 10.1 Å². The molecule has 7 nitrogen and oxygen atoms in total. The van der Waals surface area contributed by atoms with Crippen LogP contribution >= 0.6 is 11.6 Å². The van der Waals surface area contributed by atoms with E-state index >= 15 is 0 Å². The largest absolute Gasteiger partial charge is 0.503 e. The molecule has 138 valence electrons. The van der Waals surface area contributed by atoms with Crippen LogP contribution in [0, 0.1) is 0 Å². The van der Waals surface area contributed by atoms with Gasteiger partial charge in [-0.05, 0) is 36.4 Å². The Bertz CT molecular complexity index is 967. The topological polar surface area (TPSA) is 75.5 Å². The first-order valence-electron chi connectivity index (χ1n) is 7.88. The Balaban J connectivity index is 1.90. The maximum Gasteiger partial charge on any atom is 0.341 e. The molecule has 0 radical (unpaired) electrons. The number of hydrogen-bond donors (Lipinski definition) is 0. The molecule has 27 heavy (non-hydrogen) atoms. The van der Waals surface area contributed by atoms with Crippen molar-refractivity contribution in [3.63, 3.8) is 0 Å². The summed E-state index contributed by atoms with van der Waals surface area (Å²) in [6.45, 7) is 0. The second-order valence-corrected chi connectivity index (χ2v) is 5.73. The van der Waals surface area contributed by atoms with Gasteiger partial charge in [0.05, 0.1) is 31.7 Å². The van der Waals surface area contributed by atoms with Crippen molar-refractivity contribution in [3.8, 4) is 17.4 Å². The van der Waals surface area contributed by atoms with Crippen LogP contribution in [0.15, 0.2) is 61.1 Å². The van der Waals surface area contributed by atoms with Crippen LogP contribution in [0.25, 0.3) is 11.3 Å². The molecular weight excluding hydrogens is 370 g/mol. The minimum atomic E-state index is -0.568. The Labute approximate surface area is 160 Å². The first-order valence-corrected chi connectivity index (χ1v) is 8.26. The van der Waals surface area contributed by atoms with Gasteiger partial charge in [0, 0.05) is 23.5 Å². The average molecular weight is 386 g/mol. The van der Waals surface area contributed by atoms with E-state index in [0.717, 1.165) is 5.69 Å². The Morgan fingerprint density at radius 2 is 1.93 bits per heavy atom. The third kappa shape index (κ3) is 4.27. The van der Waals surface area contributed by atoms with E-state index in [9.17, 15) is 4.79 Å². The van der Waals surface area contributed by atoms with E-state index < -0.39 is 5.97 Å². The van der Waals surface area contributed by atoms with Crippen LogP contribution in [0.2, 0.25) is 5.02 Å². The standard InChI is InChI=1S/C19H16ClN3O4/c1-25-12-16(19(24)26-2)15-4-3-10-21-18(15)27-17-9-11-23(22-17)14-7-5-13(20)6-8-14/h3-12H,1-2H3. The zero-order chi connectivity index (χ0) is 19.2. The van der Waals surface area contributed by atoms with Gasteiger partial charge in [0.1, 0.15) is 5.57 Å². The molecule has 0 aliphatic carbocycles. The van der Waals surface area contributed by atoms with Crippen LogP contribution in [-0.4, -0.2) is 35.0 Å². The van der Waals surface area contributed by atoms with E-state index in [1.807, 2.05) is 12.1 Å². The Morgan fingerprint density at radius 3 is 2.63 bits per heavy atom. The maximum atomic E-state index is 12.0. The van der Waals surface area contributed by atoms with Gasteiger partial charge < -0.3 is 14.2 Å². The minimum Gasteiger partial charge on any atom is -0.503 e. The normalized spacial score (nSPS) is 11.1. The second-order valence-electron chi connectivity index (χ2n) is 5.29. The number of rotatable bonds is 6. The van der Waals surface area contributed by atoms with E-state index in [4.69, 9.17) is 25.8 Å². The number of aromatic nitrogens is 3. The quantitative estimate of drug-likeness (QED) is 0.364. The monoisotopic (exact) mass is 385 g/mol. The third-order valence-electron chi connectivity index (χ3n) is 3.56. The van der Waals surface area contributed by atoms with Crippen LogP contribution in [0.4, 0.5) is 0 Å². The smallest absolute Gasteiger partial charge is 0.341 e. The fraction of sp³-hybridized carbons (Fsp3) is 0.105. The first kappa shape index (κ1) is 18.5. The molecule has 1 aromatic carbocycles. The molecule has 0 atom stereocenters. The summed E-state index contributed by atoms with van der Waals surface area (Å²) in [4.78, 5) is 16.2. The number of carbonyl (C=O) groups excluding carboxylic acids is 1. The number of benzene rings is 1. The average Bonchev–Trinajstić information content (AvgIpc) is 3.15. The molecule has 0 aliphatic heterocycles. The molecule has 0 unspecified atom stereocenters. The number of methoxy groups -OCH3 is 2. The van der Waals surface area contributed by atoms with Gasteiger partial charge in [0.2, 0.25) is 11.8 Å². The van der Waals surface area contributed by atoms with E-state index in [0.29, 0.717) is 16.5 Å². The number of nitrogens with zero attached hydrogens (tertiary/aromatic N) is 3. The van der Waals surface area contributed by atoms with Crippen LogP contribution < -0.4 is 4.74 Å². The predicted octanol–water partition coefficient (Wildman–Crippen LogP) is 3.87. The summed E-state index contributed by atoms with van der Waals surface area (Å²) in [5.41, 5.74) is 1.43. The number of hydrogen-bond acceptors (Lipinski definition) is 6. The van der Waals surface area contributed by atoms with E-state index in [1.54, 1.807) is 47.4 Å². The Hall–Kier alpha value is -3.32. The summed E-state index contributed by atoms with van der Waals surface area (Å²) >= 11 is 5.91. The highest BCUT2D eigenvalue weighted by molar-refractivity contribution is 6.30. The summed E-state index contributed by atoms with van der Waals surface area (Å²) in [7, 11) is 2.73. The first-order chi connectivity index (χ1) is 13.1. The molecule has 0 amide bonds. The molecule has 0 N–H and O–H groups in total. The lowest BCUT2D eigenvalue weighted by Gasteiger charge is -2.10. The van der Waals surface area contributed by atoms with Crippen molar-refractivity contribution in [2.24, 2.45) is 0 Å². The molecule has 3 aromatic rings. The highest BCUT2D eigenvalue weighted by Crippen LogP contribution is 2.28. The second kappa shape index (κ2) is 8.37. The summed E-state index contributed by atoms with van der Waals surface area (Å²) in [5, 5.41) is 5.00. The molecule has 2 aromatic heterocycles. The number of esters is 1. The lowest BCUT2D eigenvalue weighted by molar-refractivity contribution is -0.133. The van der Waals surface area contributed by atoms with Crippen molar-refractivity contribution in [2.75, 3.05) is 14.2 Å². The molecule has 0 saturated heterocycles. The summed E-state index contributed by atoms with van der Waals surface area (Å²) in [6, 6.07) is 12.3. The fourth-order valence-corrected chi connectivity index (χ4v) is 2.45. The molecule has 2 heterocycles. The zero-order valence-electron chi connectivity index (χ0n) is 14.6. The van der Waals surface area contributed by atoms with Crippen molar-refractivity contribution < 1.29 is 19.0 Å². The van der Waals surface area contributed by atoms with Gasteiger partial charge in [0.25, 0.3) is 0 Å². The van der Waals surface area contributed by atoms with Gasteiger partial charge >= 0.3 is 5.97 Å². The molecule has 0 fully saturated rings. The van der Waals surface area contributed by atoms with Gasteiger partial charge in [-0.15, -0.1) is 5.10 Å². The van der Waals surface area contributed by atoms with Crippen molar-refractivity contribution in [2.45, 2.75) is 0 Å². The lowest BCUT2D eigenvalue weighted by atomic mass is 10.1. The lowest BCUT2D eigenvalue weighted by Crippen LogP contribution is -2.06. The molecule has 0 saturated carbocycles. The fourth-order valence-electron chi connectivity index (χ4n) is 2.32. The van der Waals surface area contributed by atoms with E-state index in [1.165, 1.54) is 20.5 Å². The van der Waals surface area contributed by atoms with Gasteiger partial charge in [-0.1, -0.05) is 11.6 Å². The van der Waals surface area contributed by atoms with Gasteiger partial charge in [-0.2, -0.15) is 0 Å². The Kier molecular flexibility index (Phi) is 5.73. The number of carbonyl (C=O) groups is 1. The van der Waals surface area contributed by atoms with Crippen molar-refractivity contribution >= 4 is 23.1 Å². The molecular formula is C19H16ClN3O4. The van der Waals surface area contributed by atoms with Crippen molar-refractivity contribution in [1.82, 2.24) is 14.8 Å². The van der Waals surface area contributed by atoms with Crippen LogP contribution in [-0.2, 0) is 14.3 Å². The third-order valence-corrected chi connectivity index (χ3v) is 3.81. The van der Waals surface area contributed by atoms with Crippen molar-refractivity contribution in [3.05, 3.63) is 71.7 Å². The van der Waals surface area contributed by atoms with Gasteiger partial charge in [-0.25, -0.2) is 14.5 Å². The SMILES string of the molecule is COC=C(C(=O)OC)c1cccnc1Oc1ccn(-c2ccc(Cl)cc2)n1. The van der Waals surface area contributed by atoms with E-state index in [-0.39, 0.29) is 11.5 Å². The number of pyridine rings is 1. The van der Waals surface area contributed by atoms with Crippen molar-refractivity contribution in [1.29, 1.82) is 0 Å². The highest BCUT2D eigenvalue weighted by Gasteiger charge is 2.19. The highest BCUT2D eigenvalue weighted by atomic mass is 35.5. The molecule has 8 heteroatoms. The van der Waals surface area contributed by atoms with Gasteiger partial charge in [-0.3, -0.25) is 0 Å².